The summed E-state index contributed by atoms with van der Waals surface area (Å²) in [4.78, 5) is 38.5. The molecular formula is C64H118N2O21. The van der Waals surface area contributed by atoms with Gasteiger partial charge in [-0.1, -0.05) is 212 Å². The fourth-order valence-corrected chi connectivity index (χ4v) is 11.8. The van der Waals surface area contributed by atoms with E-state index < -0.39 is 155 Å². The van der Waals surface area contributed by atoms with Gasteiger partial charge in [-0.25, -0.2) is 4.79 Å². The van der Waals surface area contributed by atoms with Crippen LogP contribution in [0, 0.1) is 0 Å². The third-order valence-corrected chi connectivity index (χ3v) is 17.2. The standard InChI is InChI=1S/C64H118N2O21/c1-4-6-8-10-12-14-16-18-19-20-21-22-23-24-26-27-29-31-33-35-37-46(71)45(66-51(74)38-36-34-32-30-28-25-17-15-13-11-9-7-5-2)43-82-61-56(78)55(77)58(50(42-69)84-61)85-62-57(79)60(54(76)49(41-68)83-62)87-64(63(80)81)39-47(72)52(65-44(3)70)59(86-64)53(75)48(73)40-67/h35,37,45-50,52-62,67-69,71-73,75-79H,4-34,36,38-43H2,1-3H3,(H,65,70)(H,66,74)(H,80,81)/b37-35+. The van der Waals surface area contributed by atoms with E-state index in [1.54, 1.807) is 6.08 Å². The average molecular weight is 1250 g/mol. The van der Waals surface area contributed by atoms with Crippen molar-refractivity contribution >= 4 is 17.8 Å². The molecule has 23 heteroatoms. The molecule has 18 atom stereocenters. The molecule has 0 aromatic rings. The molecule has 3 saturated heterocycles. The van der Waals surface area contributed by atoms with E-state index in [1.807, 2.05) is 6.08 Å². The second-order valence-corrected chi connectivity index (χ2v) is 24.7. The summed E-state index contributed by atoms with van der Waals surface area (Å²) in [6, 6.07) is -2.61. The van der Waals surface area contributed by atoms with Crippen molar-refractivity contribution in [2.75, 3.05) is 26.4 Å². The number of carboxylic acids is 1. The number of hydrogen-bond donors (Lipinski definition) is 14. The van der Waals surface area contributed by atoms with Crippen LogP contribution in [0.25, 0.3) is 0 Å². The first-order valence-electron chi connectivity index (χ1n) is 33.6. The Kier molecular flexibility index (Phi) is 41.3. The van der Waals surface area contributed by atoms with Gasteiger partial charge in [0.25, 0.3) is 5.79 Å². The van der Waals surface area contributed by atoms with Crippen LogP contribution in [0.1, 0.15) is 239 Å². The highest BCUT2D eigenvalue weighted by atomic mass is 16.8. The minimum absolute atomic E-state index is 0.204. The fraction of sp³-hybridized carbons (Fsp3) is 0.922. The molecule has 0 aromatic carbocycles. The zero-order chi connectivity index (χ0) is 64.0. The zero-order valence-corrected chi connectivity index (χ0v) is 52.9. The first kappa shape index (κ1) is 78.7. The first-order chi connectivity index (χ1) is 41.9. The van der Waals surface area contributed by atoms with Crippen molar-refractivity contribution in [1.29, 1.82) is 0 Å². The van der Waals surface area contributed by atoms with E-state index in [0.717, 1.165) is 51.9 Å². The first-order valence-corrected chi connectivity index (χ1v) is 33.6. The van der Waals surface area contributed by atoms with Crippen molar-refractivity contribution in [3.05, 3.63) is 12.2 Å². The van der Waals surface area contributed by atoms with Crippen LogP contribution in [-0.2, 0) is 42.8 Å². The molecule has 14 N–H and O–H groups in total. The lowest BCUT2D eigenvalue weighted by Gasteiger charge is -2.50. The molecule has 0 saturated carbocycles. The van der Waals surface area contributed by atoms with Crippen molar-refractivity contribution in [3.63, 3.8) is 0 Å². The smallest absolute Gasteiger partial charge is 0.364 e. The predicted molar refractivity (Wildman–Crippen MR) is 325 cm³/mol. The topological polar surface area (TPSA) is 373 Å². The number of hydrogen-bond acceptors (Lipinski definition) is 20. The molecule has 23 nitrogen and oxygen atoms in total. The molecule has 0 spiro atoms. The number of amides is 2. The summed E-state index contributed by atoms with van der Waals surface area (Å²) >= 11 is 0. The third-order valence-electron chi connectivity index (χ3n) is 17.2. The van der Waals surface area contributed by atoms with Crippen LogP contribution < -0.4 is 10.6 Å². The summed E-state index contributed by atoms with van der Waals surface area (Å²) in [5, 5.41) is 136. The molecule has 0 radical (unpaired) electrons. The summed E-state index contributed by atoms with van der Waals surface area (Å²) in [5.41, 5.74) is 0. The largest absolute Gasteiger partial charge is 0.477 e. The Hall–Kier alpha value is -2.53. The minimum atomic E-state index is -3.08. The Labute approximate surface area is 518 Å². The van der Waals surface area contributed by atoms with E-state index in [4.69, 9.17) is 28.4 Å². The van der Waals surface area contributed by atoms with Crippen molar-refractivity contribution < 1.29 is 104 Å². The molecular weight excluding hydrogens is 1130 g/mol. The number of carboxylic acid groups (broad SMARTS) is 1. The van der Waals surface area contributed by atoms with E-state index in [0.29, 0.717) is 12.8 Å². The maximum Gasteiger partial charge on any atom is 0.364 e. The zero-order valence-electron chi connectivity index (χ0n) is 52.9. The van der Waals surface area contributed by atoms with Gasteiger partial charge in [0.05, 0.1) is 50.7 Å². The number of allylic oxidation sites excluding steroid dienone is 1. The molecule has 3 rings (SSSR count). The van der Waals surface area contributed by atoms with Crippen molar-refractivity contribution in [2.45, 2.75) is 349 Å². The highest BCUT2D eigenvalue weighted by Crippen LogP contribution is 2.39. The molecule has 0 aromatic heterocycles. The molecule has 3 fully saturated rings. The Morgan fingerprint density at radius 1 is 0.598 bits per heavy atom. The molecule has 510 valence electrons. The number of aliphatic carboxylic acids is 1. The Balaban J connectivity index is 1.62. The molecule has 0 aliphatic carbocycles. The third kappa shape index (κ3) is 28.9. The van der Waals surface area contributed by atoms with Crippen molar-refractivity contribution in [1.82, 2.24) is 10.6 Å². The molecule has 3 heterocycles. The van der Waals surface area contributed by atoms with Crippen LogP contribution in [-0.4, -0.2) is 215 Å². The van der Waals surface area contributed by atoms with E-state index in [1.165, 1.54) is 148 Å². The van der Waals surface area contributed by atoms with Crippen LogP contribution >= 0.6 is 0 Å². The average Bonchev–Trinajstić information content (AvgIpc) is 0.983. The quantitative estimate of drug-likeness (QED) is 0.0278. The van der Waals surface area contributed by atoms with E-state index in [2.05, 4.69) is 24.5 Å². The van der Waals surface area contributed by atoms with E-state index >= 15 is 0 Å². The fourth-order valence-electron chi connectivity index (χ4n) is 11.8. The van der Waals surface area contributed by atoms with Crippen LogP contribution in [0.5, 0.6) is 0 Å². The highest BCUT2D eigenvalue weighted by Gasteiger charge is 2.60. The van der Waals surface area contributed by atoms with E-state index in [9.17, 15) is 75.7 Å². The van der Waals surface area contributed by atoms with Gasteiger partial charge in [-0.3, -0.25) is 9.59 Å². The number of unbranched alkanes of at least 4 members (excludes halogenated alkanes) is 30. The lowest BCUT2D eigenvalue weighted by atomic mass is 9.88. The monoisotopic (exact) mass is 1250 g/mol. The van der Waals surface area contributed by atoms with Gasteiger partial charge >= 0.3 is 5.97 Å². The normalized spacial score (nSPS) is 29.2. The second-order valence-electron chi connectivity index (χ2n) is 24.7. The van der Waals surface area contributed by atoms with Gasteiger partial charge in [0, 0.05) is 19.8 Å². The molecule has 2 amide bonds. The van der Waals surface area contributed by atoms with Gasteiger partial charge in [-0.2, -0.15) is 0 Å². The number of aliphatic hydroxyl groups is 11. The Morgan fingerprint density at radius 2 is 1.07 bits per heavy atom. The van der Waals surface area contributed by atoms with Crippen molar-refractivity contribution in [2.24, 2.45) is 0 Å². The minimum Gasteiger partial charge on any atom is -0.477 e. The van der Waals surface area contributed by atoms with Crippen LogP contribution in [0.3, 0.4) is 0 Å². The number of aliphatic hydroxyl groups excluding tert-OH is 11. The van der Waals surface area contributed by atoms with Gasteiger partial charge in [-0.05, 0) is 19.3 Å². The van der Waals surface area contributed by atoms with Crippen LogP contribution in [0.15, 0.2) is 12.2 Å². The molecule has 87 heavy (non-hydrogen) atoms. The summed E-state index contributed by atoms with van der Waals surface area (Å²) in [6.45, 7) is 2.13. The second kappa shape index (κ2) is 45.7. The molecule has 18 unspecified atom stereocenters. The van der Waals surface area contributed by atoms with E-state index in [-0.39, 0.29) is 12.3 Å². The molecule has 3 aliphatic heterocycles. The predicted octanol–water partition coefficient (Wildman–Crippen LogP) is 5.12. The lowest BCUT2D eigenvalue weighted by molar-refractivity contribution is -0.386. The summed E-state index contributed by atoms with van der Waals surface area (Å²) < 4.78 is 34.7. The summed E-state index contributed by atoms with van der Waals surface area (Å²) in [6.07, 6.45) is 12.6. The molecule has 3 aliphatic rings. The Morgan fingerprint density at radius 3 is 1.53 bits per heavy atom. The number of carbonyl (C=O) groups is 3. The number of nitrogens with one attached hydrogen (secondary N) is 2. The molecule has 0 bridgehead atoms. The SMILES string of the molecule is CCCCCCCCCCCCCCCCCCCC/C=C/C(O)C(COC1OC(CO)C(OC2OC(CO)C(O)C(OC3(C(=O)O)CC(O)C(NC(C)=O)C(C(O)C(O)CO)O3)C2O)C(O)C1O)NC(=O)CCCCCCCCCCCCCCC. The maximum atomic E-state index is 13.4. The number of carbonyl (C=O) groups excluding carboxylic acids is 2. The van der Waals surface area contributed by atoms with Gasteiger partial charge in [0.15, 0.2) is 12.6 Å². The van der Waals surface area contributed by atoms with Crippen LogP contribution in [0.4, 0.5) is 0 Å². The summed E-state index contributed by atoms with van der Waals surface area (Å²) in [5.74, 6) is -6.14. The van der Waals surface area contributed by atoms with Crippen LogP contribution in [0.2, 0.25) is 0 Å². The van der Waals surface area contributed by atoms with Gasteiger partial charge in [0.1, 0.15) is 67.1 Å². The summed E-state index contributed by atoms with van der Waals surface area (Å²) in [7, 11) is 0. The lowest BCUT2D eigenvalue weighted by Crippen LogP contribution is -2.70. The van der Waals surface area contributed by atoms with Gasteiger partial charge < -0.3 is 100 Å². The van der Waals surface area contributed by atoms with Gasteiger partial charge in [0.2, 0.25) is 11.8 Å². The van der Waals surface area contributed by atoms with Crippen molar-refractivity contribution in [3.8, 4) is 0 Å². The maximum absolute atomic E-state index is 13.4. The number of ether oxygens (including phenoxy) is 6. The van der Waals surface area contributed by atoms with Gasteiger partial charge in [-0.15, -0.1) is 0 Å². The number of rotatable bonds is 50. The highest BCUT2D eigenvalue weighted by molar-refractivity contribution is 5.77. The Bertz CT molecular complexity index is 1820.